The van der Waals surface area contributed by atoms with Gasteiger partial charge in [0.25, 0.3) is 0 Å². The van der Waals surface area contributed by atoms with E-state index in [4.69, 9.17) is 9.72 Å². The molecule has 5 nitrogen and oxygen atoms in total. The number of benzene rings is 5. The van der Waals surface area contributed by atoms with Gasteiger partial charge < -0.3 is 14.5 Å². The molecule has 0 aliphatic carbocycles. The van der Waals surface area contributed by atoms with Crippen LogP contribution < -0.4 is 14.5 Å². The zero-order chi connectivity index (χ0) is 34.8. The van der Waals surface area contributed by atoms with E-state index in [9.17, 15) is 0 Å². The molecule has 1 aliphatic heterocycles. The summed E-state index contributed by atoms with van der Waals surface area (Å²) in [5, 5.41) is 2.32. The fraction of sp³-hybridized carbons (Fsp3) is 0.222. The van der Waals surface area contributed by atoms with Gasteiger partial charge in [-0.1, -0.05) is 96.1 Å². The second-order valence-corrected chi connectivity index (χ2v) is 15.5. The van der Waals surface area contributed by atoms with Crippen molar-refractivity contribution >= 4 is 39.0 Å². The molecular formula is C45H44N4O. The average molecular weight is 657 g/mol. The number of para-hydroxylation sites is 3. The minimum atomic E-state index is -0.0568. The smallest absolute Gasteiger partial charge is 0.145 e. The summed E-state index contributed by atoms with van der Waals surface area (Å²) in [6.45, 7) is 14.6. The van der Waals surface area contributed by atoms with Crippen LogP contribution >= 0.6 is 0 Å². The third-order valence-corrected chi connectivity index (χ3v) is 9.85. The molecule has 50 heavy (non-hydrogen) atoms. The van der Waals surface area contributed by atoms with Gasteiger partial charge in [-0.3, -0.25) is 4.57 Å². The lowest BCUT2D eigenvalue weighted by Gasteiger charge is -2.31. The SMILES string of the molecule is CN1CN(c2cc(Oc3cccc(-n4c5ccccc5c5cccnc54)c3)cc(-c3c(C(C)(C)C)cccc3C(C)(C)C)c2)c2ccccc21. The Morgan fingerprint density at radius 2 is 1.26 bits per heavy atom. The molecule has 5 heteroatoms. The van der Waals surface area contributed by atoms with Gasteiger partial charge in [0.15, 0.2) is 0 Å². The monoisotopic (exact) mass is 656 g/mol. The molecular weight excluding hydrogens is 613 g/mol. The number of ether oxygens (including phenoxy) is 1. The Morgan fingerprint density at radius 1 is 0.600 bits per heavy atom. The zero-order valence-corrected chi connectivity index (χ0v) is 30.0. The first-order valence-corrected chi connectivity index (χ1v) is 17.5. The van der Waals surface area contributed by atoms with E-state index in [0.29, 0.717) is 0 Å². The highest BCUT2D eigenvalue weighted by molar-refractivity contribution is 6.07. The largest absolute Gasteiger partial charge is 0.457 e. The molecule has 0 radical (unpaired) electrons. The minimum absolute atomic E-state index is 0.0568. The molecule has 0 saturated heterocycles. The Morgan fingerprint density at radius 3 is 2.02 bits per heavy atom. The molecule has 1 aliphatic rings. The van der Waals surface area contributed by atoms with Crippen molar-refractivity contribution < 1.29 is 4.74 Å². The van der Waals surface area contributed by atoms with Crippen LogP contribution in [0.5, 0.6) is 11.5 Å². The number of hydrogen-bond acceptors (Lipinski definition) is 4. The van der Waals surface area contributed by atoms with E-state index >= 15 is 0 Å². The van der Waals surface area contributed by atoms with Gasteiger partial charge in [0.1, 0.15) is 17.1 Å². The maximum Gasteiger partial charge on any atom is 0.145 e. The second kappa shape index (κ2) is 11.8. The number of hydrogen-bond donors (Lipinski definition) is 0. The first-order chi connectivity index (χ1) is 24.0. The van der Waals surface area contributed by atoms with Crippen LogP contribution in [-0.2, 0) is 10.8 Å². The van der Waals surface area contributed by atoms with Crippen LogP contribution in [0, 0.1) is 0 Å². The van der Waals surface area contributed by atoms with Gasteiger partial charge in [0.2, 0.25) is 0 Å². The van der Waals surface area contributed by atoms with Crippen LogP contribution in [0.4, 0.5) is 17.1 Å². The van der Waals surface area contributed by atoms with Gasteiger partial charge in [-0.15, -0.1) is 0 Å². The number of aromatic nitrogens is 2. The number of nitrogens with zero attached hydrogens (tertiary/aromatic N) is 4. The first kappa shape index (κ1) is 31.7. The minimum Gasteiger partial charge on any atom is -0.457 e. The summed E-state index contributed by atoms with van der Waals surface area (Å²) in [5.74, 6) is 1.57. The third-order valence-electron chi connectivity index (χ3n) is 9.85. The van der Waals surface area contributed by atoms with Crippen LogP contribution in [-0.4, -0.2) is 23.3 Å². The molecule has 250 valence electrons. The van der Waals surface area contributed by atoms with E-state index in [1.54, 1.807) is 0 Å². The summed E-state index contributed by atoms with van der Waals surface area (Å²) in [7, 11) is 2.15. The second-order valence-electron chi connectivity index (χ2n) is 15.5. The quantitative estimate of drug-likeness (QED) is 0.185. The molecule has 5 aromatic carbocycles. The van der Waals surface area contributed by atoms with Gasteiger partial charge in [-0.25, -0.2) is 4.98 Å². The highest BCUT2D eigenvalue weighted by Crippen LogP contribution is 2.46. The number of rotatable bonds is 5. The molecule has 3 heterocycles. The van der Waals surface area contributed by atoms with Crippen molar-refractivity contribution in [1.82, 2.24) is 9.55 Å². The fourth-order valence-electron chi connectivity index (χ4n) is 7.54. The summed E-state index contributed by atoms with van der Waals surface area (Å²) >= 11 is 0. The molecule has 8 rings (SSSR count). The van der Waals surface area contributed by atoms with Crippen molar-refractivity contribution in [2.45, 2.75) is 52.4 Å². The van der Waals surface area contributed by atoms with Crippen molar-refractivity contribution in [3.8, 4) is 28.3 Å². The van der Waals surface area contributed by atoms with E-state index < -0.39 is 0 Å². The highest BCUT2D eigenvalue weighted by Gasteiger charge is 2.29. The Balaban J connectivity index is 1.30. The normalized spacial score (nSPS) is 13.3. The third kappa shape index (κ3) is 5.47. The van der Waals surface area contributed by atoms with Crippen LogP contribution in [0.15, 0.2) is 128 Å². The highest BCUT2D eigenvalue weighted by atomic mass is 16.5. The van der Waals surface area contributed by atoms with Crippen molar-refractivity contribution in [3.05, 3.63) is 139 Å². The predicted octanol–water partition coefficient (Wildman–Crippen LogP) is 11.8. The number of fused-ring (bicyclic) bond motifs is 4. The lowest BCUT2D eigenvalue weighted by molar-refractivity contribution is 0.482. The van der Waals surface area contributed by atoms with E-state index in [1.165, 1.54) is 33.5 Å². The Hall–Kier alpha value is -5.55. The van der Waals surface area contributed by atoms with Gasteiger partial charge in [0, 0.05) is 41.8 Å². The van der Waals surface area contributed by atoms with Gasteiger partial charge in [-0.2, -0.15) is 0 Å². The van der Waals surface area contributed by atoms with Crippen molar-refractivity contribution in [1.29, 1.82) is 0 Å². The van der Waals surface area contributed by atoms with Crippen LogP contribution in [0.2, 0.25) is 0 Å². The Labute approximate surface area is 295 Å². The molecule has 0 fully saturated rings. The molecule has 0 amide bonds. The average Bonchev–Trinajstić information content (AvgIpc) is 3.62. The lowest BCUT2D eigenvalue weighted by Crippen LogP contribution is -2.24. The van der Waals surface area contributed by atoms with E-state index in [0.717, 1.165) is 51.7 Å². The predicted molar refractivity (Wildman–Crippen MR) is 210 cm³/mol. The summed E-state index contributed by atoms with van der Waals surface area (Å²) in [6, 6.07) is 43.2. The van der Waals surface area contributed by atoms with Crippen molar-refractivity contribution in [2.24, 2.45) is 0 Å². The van der Waals surface area contributed by atoms with Gasteiger partial charge >= 0.3 is 0 Å². The molecule has 0 saturated carbocycles. The Kier molecular flexibility index (Phi) is 7.48. The summed E-state index contributed by atoms with van der Waals surface area (Å²) in [5.41, 5.74) is 11.5. The van der Waals surface area contributed by atoms with Gasteiger partial charge in [-0.05, 0) is 87.7 Å². The number of anilines is 3. The summed E-state index contributed by atoms with van der Waals surface area (Å²) in [6.07, 6.45) is 1.86. The van der Waals surface area contributed by atoms with Crippen LogP contribution in [0.1, 0.15) is 52.7 Å². The Bertz CT molecular complexity index is 2300. The van der Waals surface area contributed by atoms with Crippen LogP contribution in [0.3, 0.4) is 0 Å². The topological polar surface area (TPSA) is 33.5 Å². The molecule has 0 atom stereocenters. The summed E-state index contributed by atoms with van der Waals surface area (Å²) in [4.78, 5) is 9.49. The van der Waals surface area contributed by atoms with Crippen molar-refractivity contribution in [3.63, 3.8) is 0 Å². The van der Waals surface area contributed by atoms with Gasteiger partial charge in [0.05, 0.1) is 29.2 Å². The maximum atomic E-state index is 6.90. The molecule has 0 bridgehead atoms. The molecule has 0 unspecified atom stereocenters. The van der Waals surface area contributed by atoms with E-state index in [-0.39, 0.29) is 10.8 Å². The lowest BCUT2D eigenvalue weighted by atomic mass is 9.74. The molecule has 0 spiro atoms. The van der Waals surface area contributed by atoms with E-state index in [2.05, 4.69) is 172 Å². The molecule has 7 aromatic rings. The summed E-state index contributed by atoms with van der Waals surface area (Å²) < 4.78 is 9.12. The standard InChI is InChI=1S/C45H44N4O/c1-44(2,3)37-19-13-20-38(45(4,5)6)42(37)30-25-32(48-29-47(7)40-22-10-11-23-41(40)48)28-34(26-30)50-33-16-12-15-31(27-33)49-39-21-9-8-17-35(39)36-18-14-24-46-43(36)49/h8-28H,29H2,1-7H3. The molecule has 2 aromatic heterocycles. The number of pyridine rings is 1. The fourth-order valence-corrected chi connectivity index (χ4v) is 7.54. The zero-order valence-electron chi connectivity index (χ0n) is 30.0. The maximum absolute atomic E-state index is 6.90. The first-order valence-electron chi connectivity index (χ1n) is 17.5. The molecule has 0 N–H and O–H groups in total. The van der Waals surface area contributed by atoms with Crippen molar-refractivity contribution in [2.75, 3.05) is 23.5 Å². The van der Waals surface area contributed by atoms with Crippen LogP contribution in [0.25, 0.3) is 38.8 Å². The van der Waals surface area contributed by atoms with E-state index in [1.807, 2.05) is 18.3 Å².